The maximum Gasteiger partial charge on any atom is 0.461 e. The van der Waals surface area contributed by atoms with E-state index >= 15 is 0 Å². The predicted molar refractivity (Wildman–Crippen MR) is 61.3 cm³/mol. The molecule has 13 heavy (non-hydrogen) atoms. The lowest BCUT2D eigenvalue weighted by Gasteiger charge is -2.19. The Bertz CT molecular complexity index is 97.5. The Labute approximate surface area is 88.6 Å². The Morgan fingerprint density at radius 2 is 1.23 bits per heavy atom. The Morgan fingerprint density at radius 3 is 1.46 bits per heavy atom. The highest BCUT2D eigenvalue weighted by molar-refractivity contribution is 6.52. The standard InChI is InChI=1S/2C4H9.C3H7O.Al/c2*1-4(2)3;1-3(2)4;/h2*4H,1H2,2-3H3;3H,1-2H3;/q;;-1;+1. The van der Waals surface area contributed by atoms with E-state index in [4.69, 9.17) is 3.79 Å². The van der Waals surface area contributed by atoms with E-state index in [1.807, 2.05) is 0 Å². The molecule has 78 valence electrons. The van der Waals surface area contributed by atoms with E-state index in [0.717, 1.165) is 11.8 Å². The van der Waals surface area contributed by atoms with Crippen molar-refractivity contribution < 1.29 is 3.79 Å². The van der Waals surface area contributed by atoms with E-state index in [1.165, 1.54) is 10.6 Å². The van der Waals surface area contributed by atoms with E-state index < -0.39 is 14.5 Å². The van der Waals surface area contributed by atoms with Gasteiger partial charge in [-0.05, 0) is 13.8 Å². The summed E-state index contributed by atoms with van der Waals surface area (Å²) in [6.45, 7) is 13.5. The summed E-state index contributed by atoms with van der Waals surface area (Å²) in [5, 5.41) is 2.66. The summed E-state index contributed by atoms with van der Waals surface area (Å²) >= 11 is -0.907. The molecule has 0 aromatic heterocycles. The first-order valence-corrected chi connectivity index (χ1v) is 7.67. The van der Waals surface area contributed by atoms with Crippen LogP contribution in [0.2, 0.25) is 10.6 Å². The zero-order valence-corrected chi connectivity index (χ0v) is 11.3. The van der Waals surface area contributed by atoms with Crippen LogP contribution in [0.15, 0.2) is 0 Å². The Morgan fingerprint density at radius 1 is 0.846 bits per heavy atom. The molecule has 0 spiro atoms. The van der Waals surface area contributed by atoms with Crippen molar-refractivity contribution in [2.45, 2.75) is 58.2 Å². The molecule has 0 unspecified atom stereocenters. The molecule has 0 aliphatic carbocycles. The minimum Gasteiger partial charge on any atom is -0.499 e. The van der Waals surface area contributed by atoms with Crippen LogP contribution in [-0.4, -0.2) is 20.6 Å². The quantitative estimate of drug-likeness (QED) is 0.594. The first kappa shape index (κ1) is 13.5. The van der Waals surface area contributed by atoms with Crippen LogP contribution in [0, 0.1) is 11.8 Å². The van der Waals surface area contributed by atoms with Gasteiger partial charge in [-0.3, -0.25) is 0 Å². The second-order valence-corrected chi connectivity index (χ2v) is 7.52. The fourth-order valence-corrected chi connectivity index (χ4v) is 4.93. The van der Waals surface area contributed by atoms with Gasteiger partial charge in [-0.15, -0.1) is 0 Å². The highest BCUT2D eigenvalue weighted by Crippen LogP contribution is 2.16. The molecule has 0 atom stereocenters. The summed E-state index contributed by atoms with van der Waals surface area (Å²) < 4.78 is 6.01. The largest absolute Gasteiger partial charge is 0.499 e. The average molecular weight is 200 g/mol. The number of hydrogen-bond donors (Lipinski definition) is 0. The van der Waals surface area contributed by atoms with E-state index in [1.54, 1.807) is 0 Å². The molecular formula is C11H25AlO. The molecule has 0 radical (unpaired) electrons. The van der Waals surface area contributed by atoms with Crippen molar-refractivity contribution in [3.8, 4) is 0 Å². The zero-order valence-electron chi connectivity index (χ0n) is 10.1. The van der Waals surface area contributed by atoms with Gasteiger partial charge >= 0.3 is 14.5 Å². The summed E-state index contributed by atoms with van der Waals surface area (Å²) in [4.78, 5) is 0. The van der Waals surface area contributed by atoms with Gasteiger partial charge in [0, 0.05) is 6.10 Å². The zero-order chi connectivity index (χ0) is 10.4. The van der Waals surface area contributed by atoms with Crippen molar-refractivity contribution in [1.82, 2.24) is 0 Å². The summed E-state index contributed by atoms with van der Waals surface area (Å²) in [7, 11) is 0. The van der Waals surface area contributed by atoms with Gasteiger partial charge in [-0.1, -0.05) is 50.1 Å². The Kier molecular flexibility index (Phi) is 7.13. The van der Waals surface area contributed by atoms with Crippen molar-refractivity contribution in [2.75, 3.05) is 0 Å². The smallest absolute Gasteiger partial charge is 0.461 e. The summed E-state index contributed by atoms with van der Waals surface area (Å²) in [6.07, 6.45) is 0.425. The molecule has 0 aliphatic heterocycles. The lowest BCUT2D eigenvalue weighted by atomic mass is 10.3. The number of hydrogen-bond acceptors (Lipinski definition) is 1. The molecule has 0 heterocycles. The molecule has 0 saturated heterocycles. The molecule has 0 aromatic carbocycles. The predicted octanol–water partition coefficient (Wildman–Crippen LogP) is 3.71. The molecule has 0 aliphatic rings. The molecule has 2 heteroatoms. The first-order valence-electron chi connectivity index (χ1n) is 5.57. The van der Waals surface area contributed by atoms with Crippen LogP contribution >= 0.6 is 0 Å². The SMILES string of the molecule is CC(C)[CH2][Al]([CH2]C(C)C)[O]C(C)C. The number of rotatable bonds is 6. The van der Waals surface area contributed by atoms with Crippen molar-refractivity contribution >= 4 is 14.5 Å². The van der Waals surface area contributed by atoms with Crippen LogP contribution in [-0.2, 0) is 3.79 Å². The highest BCUT2D eigenvalue weighted by Gasteiger charge is 2.23. The van der Waals surface area contributed by atoms with Gasteiger partial charge in [-0.25, -0.2) is 0 Å². The van der Waals surface area contributed by atoms with Crippen molar-refractivity contribution in [1.29, 1.82) is 0 Å². The molecule has 0 saturated carbocycles. The second-order valence-electron chi connectivity index (χ2n) is 5.07. The van der Waals surface area contributed by atoms with Gasteiger partial charge in [0.2, 0.25) is 0 Å². The maximum absolute atomic E-state index is 6.01. The molecule has 0 bridgehead atoms. The third-order valence-corrected chi connectivity index (χ3v) is 5.80. The van der Waals surface area contributed by atoms with Crippen LogP contribution in [0.4, 0.5) is 0 Å². The van der Waals surface area contributed by atoms with Gasteiger partial charge < -0.3 is 3.79 Å². The fourth-order valence-electron chi connectivity index (χ4n) is 1.64. The molecule has 0 fully saturated rings. The van der Waals surface area contributed by atoms with Crippen molar-refractivity contribution in [3.05, 3.63) is 0 Å². The van der Waals surface area contributed by atoms with Crippen LogP contribution in [0.3, 0.4) is 0 Å². The van der Waals surface area contributed by atoms with Crippen LogP contribution in [0.5, 0.6) is 0 Å². The summed E-state index contributed by atoms with van der Waals surface area (Å²) in [5.41, 5.74) is 0. The lowest BCUT2D eigenvalue weighted by molar-refractivity contribution is 0.236. The molecule has 0 amide bonds. The lowest BCUT2D eigenvalue weighted by Crippen LogP contribution is -2.25. The third-order valence-electron chi connectivity index (χ3n) is 1.93. The fraction of sp³-hybridized carbons (Fsp3) is 1.00. The normalized spacial score (nSPS) is 11.8. The molecular weight excluding hydrogens is 175 g/mol. The highest BCUT2D eigenvalue weighted by atomic mass is 27.2. The average Bonchev–Trinajstić information content (AvgIpc) is 1.80. The summed E-state index contributed by atoms with van der Waals surface area (Å²) in [6, 6.07) is 0. The van der Waals surface area contributed by atoms with Gasteiger partial charge in [-0.2, -0.15) is 0 Å². The van der Waals surface area contributed by atoms with Gasteiger partial charge in [0.1, 0.15) is 0 Å². The topological polar surface area (TPSA) is 9.23 Å². The van der Waals surface area contributed by atoms with Crippen LogP contribution in [0.1, 0.15) is 41.5 Å². The van der Waals surface area contributed by atoms with E-state index in [9.17, 15) is 0 Å². The van der Waals surface area contributed by atoms with Crippen molar-refractivity contribution in [2.24, 2.45) is 11.8 Å². The van der Waals surface area contributed by atoms with Crippen LogP contribution in [0.25, 0.3) is 0 Å². The molecule has 0 aromatic rings. The first-order chi connectivity index (χ1) is 5.91. The summed E-state index contributed by atoms with van der Waals surface area (Å²) in [5.74, 6) is 1.60. The van der Waals surface area contributed by atoms with E-state index in [-0.39, 0.29) is 0 Å². The minimum absolute atomic E-state index is 0.425. The van der Waals surface area contributed by atoms with Gasteiger partial charge in [0.25, 0.3) is 0 Å². The Balaban J connectivity index is 3.87. The Hall–Kier alpha value is 0.492. The van der Waals surface area contributed by atoms with E-state index in [0.29, 0.717) is 6.10 Å². The van der Waals surface area contributed by atoms with E-state index in [2.05, 4.69) is 41.5 Å². The third kappa shape index (κ3) is 8.81. The van der Waals surface area contributed by atoms with Gasteiger partial charge in [0.15, 0.2) is 0 Å². The maximum atomic E-state index is 6.01. The minimum atomic E-state index is -0.907. The van der Waals surface area contributed by atoms with Gasteiger partial charge in [0.05, 0.1) is 0 Å². The monoisotopic (exact) mass is 200 g/mol. The molecule has 1 nitrogen and oxygen atoms in total. The van der Waals surface area contributed by atoms with Crippen molar-refractivity contribution in [3.63, 3.8) is 0 Å². The second kappa shape index (κ2) is 6.87. The van der Waals surface area contributed by atoms with Crippen LogP contribution < -0.4 is 0 Å². The molecule has 0 N–H and O–H groups in total. The molecule has 0 rings (SSSR count).